The van der Waals surface area contributed by atoms with E-state index in [2.05, 4.69) is 60.7 Å². The van der Waals surface area contributed by atoms with Crippen molar-refractivity contribution in [3.8, 4) is 33.4 Å². The molecule has 0 spiro atoms. The second-order valence-corrected chi connectivity index (χ2v) is 8.98. The predicted molar refractivity (Wildman–Crippen MR) is 155 cm³/mol. The highest BCUT2D eigenvalue weighted by Crippen LogP contribution is 2.44. The van der Waals surface area contributed by atoms with Crippen LogP contribution < -0.4 is 0 Å². The van der Waals surface area contributed by atoms with Crippen LogP contribution in [0.4, 0.5) is 0 Å². The fraction of sp³-hybridized carbons (Fsp3) is 0. The van der Waals surface area contributed by atoms with E-state index in [0.717, 1.165) is 43.4 Å². The van der Waals surface area contributed by atoms with Gasteiger partial charge in [0, 0.05) is 0 Å². The van der Waals surface area contributed by atoms with Crippen LogP contribution in [0, 0.1) is 0 Å². The van der Waals surface area contributed by atoms with Gasteiger partial charge in [0.2, 0.25) is 0 Å². The maximum absolute atomic E-state index is 8.74. The summed E-state index contributed by atoms with van der Waals surface area (Å²) in [7, 11) is 0. The maximum Gasteiger partial charge on any atom is 0.0629 e. The van der Waals surface area contributed by atoms with E-state index in [1.165, 1.54) is 11.1 Å². The Labute approximate surface area is 218 Å². The molecule has 0 N–H and O–H groups in total. The minimum Gasteiger partial charge on any atom is -0.0622 e. The van der Waals surface area contributed by atoms with Crippen LogP contribution in [-0.2, 0) is 0 Å². The van der Waals surface area contributed by atoms with E-state index in [-0.39, 0.29) is 35.8 Å². The third-order valence-corrected chi connectivity index (χ3v) is 6.92. The quantitative estimate of drug-likeness (QED) is 0.230. The molecule has 0 amide bonds. The van der Waals surface area contributed by atoms with Crippen molar-refractivity contribution in [2.24, 2.45) is 0 Å². The van der Waals surface area contributed by atoms with Gasteiger partial charge in [-0.05, 0) is 77.8 Å². The van der Waals surface area contributed by atoms with Crippen molar-refractivity contribution in [1.82, 2.24) is 0 Å². The highest BCUT2D eigenvalue weighted by Gasteiger charge is 2.16. The minimum absolute atomic E-state index is 0.195. The molecular weight excluding hydrogens is 432 g/mol. The zero-order valence-corrected chi connectivity index (χ0v) is 19.5. The normalized spacial score (nSPS) is 13.3. The molecule has 7 aromatic rings. The van der Waals surface area contributed by atoms with Crippen LogP contribution in [0.15, 0.2) is 145 Å². The van der Waals surface area contributed by atoms with Crippen molar-refractivity contribution in [3.63, 3.8) is 0 Å². The highest BCUT2D eigenvalue weighted by atomic mass is 14.2. The molecule has 168 valence electrons. The molecule has 0 heteroatoms. The summed E-state index contributed by atoms with van der Waals surface area (Å²) in [5, 5.41) is 5.91. The third kappa shape index (κ3) is 3.39. The SMILES string of the molecule is [2H]c1c([2H])c([2H])c(-c2c3ccccc3c(-c3ccc4cc(-c5ccccc5)ccc4c3)c3ccccc23)c([2H])c1[2H]. The molecule has 0 heterocycles. The lowest BCUT2D eigenvalue weighted by atomic mass is 9.85. The molecule has 0 nitrogen and oxygen atoms in total. The van der Waals surface area contributed by atoms with Crippen LogP contribution in [0.3, 0.4) is 0 Å². The van der Waals surface area contributed by atoms with E-state index in [1.807, 2.05) is 54.6 Å². The van der Waals surface area contributed by atoms with Gasteiger partial charge in [-0.3, -0.25) is 0 Å². The third-order valence-electron chi connectivity index (χ3n) is 6.92. The smallest absolute Gasteiger partial charge is 0.0622 e. The molecule has 0 aromatic heterocycles. The van der Waals surface area contributed by atoms with Gasteiger partial charge in [-0.15, -0.1) is 0 Å². The number of fused-ring (bicyclic) bond motifs is 3. The number of hydrogen-bond donors (Lipinski definition) is 0. The summed E-state index contributed by atoms with van der Waals surface area (Å²) >= 11 is 0. The second-order valence-electron chi connectivity index (χ2n) is 8.98. The number of rotatable bonds is 3. The van der Waals surface area contributed by atoms with E-state index in [4.69, 9.17) is 6.85 Å². The summed E-state index contributed by atoms with van der Waals surface area (Å²) < 4.78 is 42.2. The Morgan fingerprint density at radius 2 is 0.833 bits per heavy atom. The van der Waals surface area contributed by atoms with Gasteiger partial charge in [0.05, 0.1) is 6.85 Å². The number of benzene rings is 7. The average molecular weight is 462 g/mol. The van der Waals surface area contributed by atoms with Crippen LogP contribution >= 0.6 is 0 Å². The van der Waals surface area contributed by atoms with Crippen LogP contribution in [-0.4, -0.2) is 0 Å². The van der Waals surface area contributed by atoms with Crippen LogP contribution in [0.5, 0.6) is 0 Å². The Morgan fingerprint density at radius 3 is 1.42 bits per heavy atom. The van der Waals surface area contributed by atoms with Crippen molar-refractivity contribution in [3.05, 3.63) is 145 Å². The van der Waals surface area contributed by atoms with Crippen molar-refractivity contribution in [2.75, 3.05) is 0 Å². The van der Waals surface area contributed by atoms with Gasteiger partial charge in [0.15, 0.2) is 0 Å². The highest BCUT2D eigenvalue weighted by molar-refractivity contribution is 6.21. The van der Waals surface area contributed by atoms with Gasteiger partial charge < -0.3 is 0 Å². The molecule has 0 unspecified atom stereocenters. The minimum atomic E-state index is -0.388. The summed E-state index contributed by atoms with van der Waals surface area (Å²) in [4.78, 5) is 0. The largest absolute Gasteiger partial charge is 0.0629 e. The van der Waals surface area contributed by atoms with Gasteiger partial charge >= 0.3 is 0 Å². The molecule has 0 radical (unpaired) electrons. The monoisotopic (exact) mass is 461 g/mol. The lowest BCUT2D eigenvalue weighted by Crippen LogP contribution is -1.90. The number of hydrogen-bond acceptors (Lipinski definition) is 0. The van der Waals surface area contributed by atoms with Crippen LogP contribution in [0.1, 0.15) is 6.85 Å². The fourth-order valence-corrected chi connectivity index (χ4v) is 5.30. The first-order chi connectivity index (χ1) is 19.9. The Hall–Kier alpha value is -4.68. The topological polar surface area (TPSA) is 0 Å². The molecule has 7 aromatic carbocycles. The van der Waals surface area contributed by atoms with Crippen LogP contribution in [0.25, 0.3) is 65.7 Å². The molecule has 36 heavy (non-hydrogen) atoms. The first-order valence-electron chi connectivity index (χ1n) is 14.5. The van der Waals surface area contributed by atoms with Gasteiger partial charge in [-0.2, -0.15) is 0 Å². The van der Waals surface area contributed by atoms with Crippen LogP contribution in [0.2, 0.25) is 0 Å². The Kier molecular flexibility index (Phi) is 3.80. The van der Waals surface area contributed by atoms with E-state index in [0.29, 0.717) is 5.56 Å². The average Bonchev–Trinajstić information content (AvgIpc) is 3.02. The molecule has 0 fully saturated rings. The van der Waals surface area contributed by atoms with Crippen molar-refractivity contribution in [2.45, 2.75) is 0 Å². The van der Waals surface area contributed by atoms with Gasteiger partial charge in [0.25, 0.3) is 0 Å². The summed E-state index contributed by atoms with van der Waals surface area (Å²) in [5.41, 5.74) is 5.35. The summed E-state index contributed by atoms with van der Waals surface area (Å²) in [6.45, 7) is 0. The first kappa shape index (κ1) is 16.1. The van der Waals surface area contributed by atoms with E-state index in [1.54, 1.807) is 0 Å². The molecule has 0 bridgehead atoms. The molecule has 0 atom stereocenters. The molecule has 0 saturated heterocycles. The molecule has 0 aliphatic rings. The Balaban J connectivity index is 1.52. The second kappa shape index (κ2) is 8.52. The van der Waals surface area contributed by atoms with E-state index >= 15 is 0 Å². The summed E-state index contributed by atoms with van der Waals surface area (Å²) in [6, 6.07) is 37.9. The molecular formula is C36H24. The maximum atomic E-state index is 8.74. The predicted octanol–water partition coefficient (Wildman–Crippen LogP) is 10.1. The summed E-state index contributed by atoms with van der Waals surface area (Å²) in [5.74, 6) is 0. The Morgan fingerprint density at radius 1 is 0.361 bits per heavy atom. The zero-order chi connectivity index (χ0) is 28.2. The molecule has 0 aliphatic carbocycles. The standard InChI is InChI=1S/C36H24/c1-3-11-25(12-4-1)27-19-20-29-24-30(22-21-28(29)23-27)36-33-17-9-7-15-31(33)35(26-13-5-2-6-14-26)32-16-8-10-18-34(32)36/h1-24H/i2D,5D,6D,13D,14D. The van der Waals surface area contributed by atoms with Gasteiger partial charge in [-0.25, -0.2) is 0 Å². The summed E-state index contributed by atoms with van der Waals surface area (Å²) in [6.07, 6.45) is 0. The molecule has 0 saturated carbocycles. The molecule has 7 rings (SSSR count). The van der Waals surface area contributed by atoms with E-state index in [9.17, 15) is 0 Å². The van der Waals surface area contributed by atoms with Gasteiger partial charge in [-0.1, -0.05) is 133 Å². The van der Waals surface area contributed by atoms with Crippen molar-refractivity contribution < 1.29 is 6.85 Å². The lowest BCUT2D eigenvalue weighted by Gasteiger charge is -2.18. The van der Waals surface area contributed by atoms with E-state index < -0.39 is 0 Å². The zero-order valence-electron chi connectivity index (χ0n) is 24.5. The van der Waals surface area contributed by atoms with Crippen molar-refractivity contribution in [1.29, 1.82) is 0 Å². The van der Waals surface area contributed by atoms with Crippen molar-refractivity contribution >= 4 is 32.3 Å². The van der Waals surface area contributed by atoms with Gasteiger partial charge in [0.1, 0.15) is 0 Å². The molecule has 0 aliphatic heterocycles. The Bertz CT molecular complexity index is 2060. The fourth-order valence-electron chi connectivity index (χ4n) is 5.30. The first-order valence-corrected chi connectivity index (χ1v) is 12.0. The lowest BCUT2D eigenvalue weighted by molar-refractivity contribution is 1.64.